The van der Waals surface area contributed by atoms with E-state index in [1.807, 2.05) is 18.2 Å². The minimum atomic E-state index is 0.514. The molecular weight excluding hydrogens is 218 g/mol. The number of hydrogen-bond donors (Lipinski definition) is 0. The average molecular weight is 234 g/mol. The van der Waals surface area contributed by atoms with Crippen molar-refractivity contribution in [3.8, 4) is 0 Å². The molecule has 1 aliphatic rings. The van der Waals surface area contributed by atoms with Crippen LogP contribution in [0.5, 0.6) is 0 Å². The van der Waals surface area contributed by atoms with E-state index in [1.54, 1.807) is 0 Å². The Kier molecular flexibility index (Phi) is 3.15. The molecule has 1 aliphatic heterocycles. The Morgan fingerprint density at radius 2 is 2.06 bits per heavy atom. The molecule has 16 heavy (non-hydrogen) atoms. The Balaban J connectivity index is 2.43. The molecule has 0 saturated heterocycles. The molecule has 1 nitrogen and oxygen atoms in total. The normalized spacial score (nSPS) is 15.9. The first-order valence-electron chi connectivity index (χ1n) is 5.60. The number of aliphatic imine (C=N–C) groups is 1. The topological polar surface area (TPSA) is 12.4 Å². The number of nitrogens with zero attached hydrogens (tertiary/aromatic N) is 1. The van der Waals surface area contributed by atoms with Crippen LogP contribution >= 0.6 is 11.6 Å². The van der Waals surface area contributed by atoms with Crippen LogP contribution < -0.4 is 0 Å². The van der Waals surface area contributed by atoms with Gasteiger partial charge in [-0.1, -0.05) is 37.6 Å². The molecule has 0 saturated carbocycles. The summed E-state index contributed by atoms with van der Waals surface area (Å²) in [7, 11) is 0. The maximum absolute atomic E-state index is 6.02. The SMILES string of the molecule is CC1=C(C(C)C)C(c2cccc(Cl)c2)=NC1. The van der Waals surface area contributed by atoms with Crippen LogP contribution in [0.1, 0.15) is 26.3 Å². The predicted octanol–water partition coefficient (Wildman–Crippen LogP) is 4.12. The standard InChI is InChI=1S/C14H16ClN/c1-9(2)13-10(3)8-16-14(13)11-5-4-6-12(15)7-11/h4-7,9H,8H2,1-3H3. The molecule has 0 amide bonds. The second-order valence-electron chi connectivity index (χ2n) is 4.52. The van der Waals surface area contributed by atoms with Gasteiger partial charge in [-0.2, -0.15) is 0 Å². The first-order valence-corrected chi connectivity index (χ1v) is 5.98. The fourth-order valence-corrected chi connectivity index (χ4v) is 2.41. The van der Waals surface area contributed by atoms with Crippen molar-refractivity contribution in [1.82, 2.24) is 0 Å². The van der Waals surface area contributed by atoms with Gasteiger partial charge in [0.25, 0.3) is 0 Å². The maximum atomic E-state index is 6.02. The lowest BCUT2D eigenvalue weighted by Crippen LogP contribution is -2.08. The lowest BCUT2D eigenvalue weighted by Gasteiger charge is -2.12. The highest BCUT2D eigenvalue weighted by molar-refractivity contribution is 6.31. The van der Waals surface area contributed by atoms with E-state index in [0.29, 0.717) is 5.92 Å². The maximum Gasteiger partial charge on any atom is 0.0685 e. The molecule has 1 aromatic carbocycles. The zero-order valence-electron chi connectivity index (χ0n) is 9.92. The summed E-state index contributed by atoms with van der Waals surface area (Å²) in [5.74, 6) is 0.514. The highest BCUT2D eigenvalue weighted by Crippen LogP contribution is 2.27. The molecule has 1 aromatic rings. The smallest absolute Gasteiger partial charge is 0.0685 e. The van der Waals surface area contributed by atoms with Crippen LogP contribution in [0.3, 0.4) is 0 Å². The van der Waals surface area contributed by atoms with Crippen molar-refractivity contribution < 1.29 is 0 Å². The number of allylic oxidation sites excluding steroid dienone is 1. The molecule has 0 radical (unpaired) electrons. The fourth-order valence-electron chi connectivity index (χ4n) is 2.22. The Labute approximate surface area is 102 Å². The third kappa shape index (κ3) is 2.05. The zero-order chi connectivity index (χ0) is 11.7. The zero-order valence-corrected chi connectivity index (χ0v) is 10.7. The van der Waals surface area contributed by atoms with Crippen molar-refractivity contribution in [2.75, 3.05) is 6.54 Å². The molecule has 0 atom stereocenters. The van der Waals surface area contributed by atoms with Crippen molar-refractivity contribution >= 4 is 17.3 Å². The largest absolute Gasteiger partial charge is 0.280 e. The van der Waals surface area contributed by atoms with Crippen molar-refractivity contribution in [1.29, 1.82) is 0 Å². The summed E-state index contributed by atoms with van der Waals surface area (Å²) in [5, 5.41) is 0.771. The number of halogens is 1. The third-order valence-corrected chi connectivity index (χ3v) is 3.10. The molecule has 0 fully saturated rings. The second-order valence-corrected chi connectivity index (χ2v) is 4.96. The van der Waals surface area contributed by atoms with Crippen molar-refractivity contribution in [2.24, 2.45) is 10.9 Å². The lowest BCUT2D eigenvalue weighted by atomic mass is 9.92. The molecule has 0 aromatic heterocycles. The Bertz CT molecular complexity index is 469. The molecular formula is C14H16ClN. The van der Waals surface area contributed by atoms with Crippen molar-refractivity contribution in [3.05, 3.63) is 46.0 Å². The summed E-state index contributed by atoms with van der Waals surface area (Å²) in [5.41, 5.74) is 5.01. The quantitative estimate of drug-likeness (QED) is 0.729. The van der Waals surface area contributed by atoms with E-state index in [9.17, 15) is 0 Å². The van der Waals surface area contributed by atoms with E-state index in [0.717, 1.165) is 22.8 Å². The van der Waals surface area contributed by atoms with Gasteiger partial charge in [0, 0.05) is 10.6 Å². The summed E-state index contributed by atoms with van der Waals surface area (Å²) in [6.45, 7) is 7.42. The Morgan fingerprint density at radius 1 is 1.31 bits per heavy atom. The Hall–Kier alpha value is -1.08. The van der Waals surface area contributed by atoms with Crippen LogP contribution in [-0.2, 0) is 0 Å². The van der Waals surface area contributed by atoms with Gasteiger partial charge in [0.2, 0.25) is 0 Å². The highest BCUT2D eigenvalue weighted by Gasteiger charge is 2.20. The van der Waals surface area contributed by atoms with E-state index in [1.165, 1.54) is 11.1 Å². The van der Waals surface area contributed by atoms with Gasteiger partial charge in [0.1, 0.15) is 0 Å². The van der Waals surface area contributed by atoms with Crippen LogP contribution in [0, 0.1) is 5.92 Å². The summed E-state index contributed by atoms with van der Waals surface area (Å²) in [6.07, 6.45) is 0. The highest BCUT2D eigenvalue weighted by atomic mass is 35.5. The molecule has 0 spiro atoms. The van der Waals surface area contributed by atoms with Crippen LogP contribution in [0.4, 0.5) is 0 Å². The molecule has 0 N–H and O–H groups in total. The van der Waals surface area contributed by atoms with Gasteiger partial charge in [-0.05, 0) is 36.1 Å². The average Bonchev–Trinajstić information content (AvgIpc) is 2.60. The van der Waals surface area contributed by atoms with Gasteiger partial charge in [-0.25, -0.2) is 0 Å². The van der Waals surface area contributed by atoms with E-state index < -0.39 is 0 Å². The number of rotatable bonds is 2. The van der Waals surface area contributed by atoms with E-state index in [4.69, 9.17) is 11.6 Å². The molecule has 2 rings (SSSR count). The van der Waals surface area contributed by atoms with Gasteiger partial charge in [0.15, 0.2) is 0 Å². The van der Waals surface area contributed by atoms with Crippen LogP contribution in [0.25, 0.3) is 0 Å². The molecule has 0 aliphatic carbocycles. The fraction of sp³-hybridized carbons (Fsp3) is 0.357. The predicted molar refractivity (Wildman–Crippen MR) is 70.4 cm³/mol. The van der Waals surface area contributed by atoms with Crippen LogP contribution in [-0.4, -0.2) is 12.3 Å². The lowest BCUT2D eigenvalue weighted by molar-refractivity contribution is 0.796. The summed E-state index contributed by atoms with van der Waals surface area (Å²) < 4.78 is 0. The molecule has 0 bridgehead atoms. The van der Waals surface area contributed by atoms with Crippen LogP contribution in [0.15, 0.2) is 40.4 Å². The van der Waals surface area contributed by atoms with Gasteiger partial charge in [0.05, 0.1) is 12.3 Å². The van der Waals surface area contributed by atoms with Gasteiger partial charge in [-0.3, -0.25) is 4.99 Å². The van der Waals surface area contributed by atoms with Crippen molar-refractivity contribution in [2.45, 2.75) is 20.8 Å². The van der Waals surface area contributed by atoms with E-state index in [-0.39, 0.29) is 0 Å². The molecule has 2 heteroatoms. The van der Waals surface area contributed by atoms with Gasteiger partial charge < -0.3 is 0 Å². The van der Waals surface area contributed by atoms with Crippen LogP contribution in [0.2, 0.25) is 5.02 Å². The number of benzene rings is 1. The van der Waals surface area contributed by atoms with Gasteiger partial charge >= 0.3 is 0 Å². The van der Waals surface area contributed by atoms with E-state index in [2.05, 4.69) is 31.8 Å². The Morgan fingerprint density at radius 3 is 2.69 bits per heavy atom. The molecule has 84 valence electrons. The molecule has 1 heterocycles. The number of hydrogen-bond acceptors (Lipinski definition) is 1. The summed E-state index contributed by atoms with van der Waals surface area (Å²) in [4.78, 5) is 4.61. The molecule has 0 unspecified atom stereocenters. The van der Waals surface area contributed by atoms with Gasteiger partial charge in [-0.15, -0.1) is 0 Å². The van der Waals surface area contributed by atoms with E-state index >= 15 is 0 Å². The summed E-state index contributed by atoms with van der Waals surface area (Å²) in [6, 6.07) is 7.94. The minimum Gasteiger partial charge on any atom is -0.280 e. The third-order valence-electron chi connectivity index (χ3n) is 2.86. The van der Waals surface area contributed by atoms with Crippen molar-refractivity contribution in [3.63, 3.8) is 0 Å². The first-order chi connectivity index (χ1) is 7.59. The minimum absolute atomic E-state index is 0.514. The monoisotopic (exact) mass is 233 g/mol. The second kappa shape index (κ2) is 4.42. The summed E-state index contributed by atoms with van der Waals surface area (Å²) >= 11 is 6.02. The first kappa shape index (κ1) is 11.4.